The zero-order valence-electron chi connectivity index (χ0n) is 17.7. The van der Waals surface area contributed by atoms with Gasteiger partial charge in [-0.25, -0.2) is 14.2 Å². The molecule has 0 bridgehead atoms. The average Bonchev–Trinajstić information content (AvgIpc) is 2.83. The Labute approximate surface area is 201 Å². The molecule has 4 rings (SSSR count). The number of ether oxygens (including phenoxy) is 1. The van der Waals surface area contributed by atoms with Gasteiger partial charge in [0.1, 0.15) is 5.82 Å². The van der Waals surface area contributed by atoms with Gasteiger partial charge in [-0.05, 0) is 54.6 Å². The predicted molar refractivity (Wildman–Crippen MR) is 123 cm³/mol. The molecule has 5 nitrogen and oxygen atoms in total. The fraction of sp³-hybridized carbons (Fsp3) is 0.0800. The van der Waals surface area contributed by atoms with Crippen molar-refractivity contribution in [2.75, 3.05) is 11.9 Å². The second-order valence-corrected chi connectivity index (χ2v) is 7.80. The number of fused-ring (bicyclic) bond motifs is 1. The Morgan fingerprint density at radius 2 is 1.69 bits per heavy atom. The van der Waals surface area contributed by atoms with Gasteiger partial charge in [-0.1, -0.05) is 29.8 Å². The number of hydrogen-bond donors (Lipinski definition) is 1. The predicted octanol–water partition coefficient (Wildman–Crippen LogP) is 6.51. The van der Waals surface area contributed by atoms with Crippen LogP contribution < -0.4 is 5.32 Å². The molecule has 10 heteroatoms. The highest BCUT2D eigenvalue weighted by atomic mass is 35.5. The molecule has 0 unspecified atom stereocenters. The van der Waals surface area contributed by atoms with Crippen molar-refractivity contribution in [3.05, 3.63) is 94.8 Å². The van der Waals surface area contributed by atoms with E-state index in [0.717, 1.165) is 12.1 Å². The maximum absolute atomic E-state index is 13.3. The van der Waals surface area contributed by atoms with E-state index in [1.165, 1.54) is 30.3 Å². The first-order valence-corrected chi connectivity index (χ1v) is 10.5. The van der Waals surface area contributed by atoms with Gasteiger partial charge in [-0.15, -0.1) is 0 Å². The Morgan fingerprint density at radius 1 is 0.971 bits per heavy atom. The molecule has 4 aromatic rings. The number of benzene rings is 3. The quantitative estimate of drug-likeness (QED) is 0.249. The van der Waals surface area contributed by atoms with Crippen LogP contribution in [0.2, 0.25) is 5.02 Å². The maximum Gasteiger partial charge on any atom is 0.416 e. The Kier molecular flexibility index (Phi) is 6.70. The van der Waals surface area contributed by atoms with E-state index in [9.17, 15) is 27.2 Å². The van der Waals surface area contributed by atoms with E-state index >= 15 is 0 Å². The topological polar surface area (TPSA) is 68.3 Å². The van der Waals surface area contributed by atoms with E-state index in [1.54, 1.807) is 24.3 Å². The fourth-order valence-corrected chi connectivity index (χ4v) is 3.47. The Bertz CT molecular complexity index is 1420. The van der Waals surface area contributed by atoms with Crippen molar-refractivity contribution in [2.45, 2.75) is 6.18 Å². The van der Waals surface area contributed by atoms with E-state index in [2.05, 4.69) is 10.3 Å². The molecule has 3 aromatic carbocycles. The molecule has 0 atom stereocenters. The number of carbonyl (C=O) groups excluding carboxylic acids is 2. The Balaban J connectivity index is 1.54. The van der Waals surface area contributed by atoms with E-state index in [1.807, 2.05) is 0 Å². The third-order valence-corrected chi connectivity index (χ3v) is 5.31. The molecule has 35 heavy (non-hydrogen) atoms. The van der Waals surface area contributed by atoms with Crippen molar-refractivity contribution in [3.63, 3.8) is 0 Å². The fourth-order valence-electron chi connectivity index (χ4n) is 3.31. The van der Waals surface area contributed by atoms with E-state index in [0.29, 0.717) is 28.2 Å². The molecule has 178 valence electrons. The molecule has 0 aliphatic carbocycles. The SMILES string of the molecule is O=C(COC(=O)c1cc(-c2ccc(F)cc2)nc2ccccc12)Nc1cc(C(F)(F)F)ccc1Cl. The largest absolute Gasteiger partial charge is 0.452 e. The van der Waals surface area contributed by atoms with E-state index in [-0.39, 0.29) is 16.3 Å². The van der Waals surface area contributed by atoms with Gasteiger partial charge in [0.2, 0.25) is 0 Å². The lowest BCUT2D eigenvalue weighted by Crippen LogP contribution is -2.21. The van der Waals surface area contributed by atoms with Gasteiger partial charge in [0.05, 0.1) is 33.0 Å². The van der Waals surface area contributed by atoms with Crippen LogP contribution in [0.1, 0.15) is 15.9 Å². The average molecular weight is 503 g/mol. The minimum absolute atomic E-state index is 0.109. The number of para-hydroxylation sites is 1. The first-order valence-electron chi connectivity index (χ1n) is 10.1. The van der Waals surface area contributed by atoms with Gasteiger partial charge in [0.15, 0.2) is 6.61 Å². The summed E-state index contributed by atoms with van der Waals surface area (Å²) in [6.07, 6.45) is -4.62. The van der Waals surface area contributed by atoms with E-state index < -0.39 is 36.0 Å². The van der Waals surface area contributed by atoms with Gasteiger partial charge in [-0.2, -0.15) is 13.2 Å². The lowest BCUT2D eigenvalue weighted by Gasteiger charge is -2.12. The van der Waals surface area contributed by atoms with Crippen molar-refractivity contribution in [1.29, 1.82) is 0 Å². The number of anilines is 1. The number of rotatable bonds is 5. The van der Waals surface area contributed by atoms with Crippen LogP contribution in [0.3, 0.4) is 0 Å². The van der Waals surface area contributed by atoms with Crippen molar-refractivity contribution < 1.29 is 31.9 Å². The molecule has 0 fully saturated rings. The molecule has 0 spiro atoms. The third-order valence-electron chi connectivity index (χ3n) is 4.98. The summed E-state index contributed by atoms with van der Waals surface area (Å²) in [6, 6.07) is 16.2. The number of halogens is 5. The standard InChI is InChI=1S/C25H15ClF4N2O3/c26-19-10-7-15(25(28,29)30)11-22(19)32-23(33)13-35-24(34)18-12-21(14-5-8-16(27)9-6-14)31-20-4-2-1-3-17(18)20/h1-12H,13H2,(H,32,33). The van der Waals surface area contributed by atoms with Gasteiger partial charge in [0, 0.05) is 10.9 Å². The molecule has 0 saturated heterocycles. The monoisotopic (exact) mass is 502 g/mol. The number of carbonyl (C=O) groups is 2. The summed E-state index contributed by atoms with van der Waals surface area (Å²) in [7, 11) is 0. The summed E-state index contributed by atoms with van der Waals surface area (Å²) < 4.78 is 57.2. The molecule has 1 N–H and O–H groups in total. The van der Waals surface area contributed by atoms with Crippen LogP contribution in [-0.2, 0) is 15.7 Å². The lowest BCUT2D eigenvalue weighted by molar-refractivity contribution is -0.137. The first-order chi connectivity index (χ1) is 16.6. The highest BCUT2D eigenvalue weighted by Crippen LogP contribution is 2.34. The van der Waals surface area contributed by atoms with Crippen LogP contribution in [0, 0.1) is 5.82 Å². The number of alkyl halides is 3. The number of aromatic nitrogens is 1. The number of hydrogen-bond acceptors (Lipinski definition) is 4. The zero-order chi connectivity index (χ0) is 25.2. The maximum atomic E-state index is 13.3. The molecular weight excluding hydrogens is 488 g/mol. The Hall–Kier alpha value is -3.98. The number of nitrogens with one attached hydrogen (secondary N) is 1. The summed E-state index contributed by atoms with van der Waals surface area (Å²) in [5.41, 5.74) is 0.265. The summed E-state index contributed by atoms with van der Waals surface area (Å²) in [5, 5.41) is 2.57. The summed E-state index contributed by atoms with van der Waals surface area (Å²) in [4.78, 5) is 29.6. The Morgan fingerprint density at radius 3 is 2.40 bits per heavy atom. The lowest BCUT2D eigenvalue weighted by atomic mass is 10.0. The molecule has 1 heterocycles. The molecule has 1 aromatic heterocycles. The van der Waals surface area contributed by atoms with Crippen molar-refractivity contribution in [3.8, 4) is 11.3 Å². The number of amides is 1. The molecule has 0 aliphatic rings. The molecular formula is C25H15ClF4N2O3. The highest BCUT2D eigenvalue weighted by Gasteiger charge is 2.31. The molecule has 0 radical (unpaired) electrons. The number of pyridine rings is 1. The minimum Gasteiger partial charge on any atom is -0.452 e. The number of esters is 1. The molecule has 1 amide bonds. The van der Waals surface area contributed by atoms with Crippen LogP contribution in [0.25, 0.3) is 22.2 Å². The van der Waals surface area contributed by atoms with Crippen LogP contribution >= 0.6 is 11.6 Å². The van der Waals surface area contributed by atoms with Crippen molar-refractivity contribution in [2.24, 2.45) is 0 Å². The van der Waals surface area contributed by atoms with Gasteiger partial charge in [0.25, 0.3) is 5.91 Å². The highest BCUT2D eigenvalue weighted by molar-refractivity contribution is 6.33. The zero-order valence-corrected chi connectivity index (χ0v) is 18.5. The van der Waals surface area contributed by atoms with Crippen LogP contribution in [0.4, 0.5) is 23.2 Å². The van der Waals surface area contributed by atoms with Crippen molar-refractivity contribution >= 4 is 40.1 Å². The van der Waals surface area contributed by atoms with Crippen LogP contribution in [0.15, 0.2) is 72.8 Å². The van der Waals surface area contributed by atoms with Crippen LogP contribution in [-0.4, -0.2) is 23.5 Å². The van der Waals surface area contributed by atoms with Gasteiger partial charge >= 0.3 is 12.1 Å². The third kappa shape index (κ3) is 5.58. The number of nitrogens with zero attached hydrogens (tertiary/aromatic N) is 1. The molecule has 0 saturated carbocycles. The van der Waals surface area contributed by atoms with Gasteiger partial charge < -0.3 is 10.1 Å². The smallest absolute Gasteiger partial charge is 0.416 e. The molecule has 0 aliphatic heterocycles. The summed E-state index contributed by atoms with van der Waals surface area (Å²) >= 11 is 5.88. The second kappa shape index (κ2) is 9.71. The van der Waals surface area contributed by atoms with Crippen molar-refractivity contribution in [1.82, 2.24) is 4.98 Å². The van der Waals surface area contributed by atoms with Gasteiger partial charge in [-0.3, -0.25) is 4.79 Å². The van der Waals surface area contributed by atoms with E-state index in [4.69, 9.17) is 16.3 Å². The second-order valence-electron chi connectivity index (χ2n) is 7.40. The normalized spacial score (nSPS) is 11.3. The summed E-state index contributed by atoms with van der Waals surface area (Å²) in [6.45, 7) is -0.770. The minimum atomic E-state index is -4.62. The van der Waals surface area contributed by atoms with Crippen LogP contribution in [0.5, 0.6) is 0 Å². The first kappa shape index (κ1) is 24.2. The summed E-state index contributed by atoms with van der Waals surface area (Å²) in [5.74, 6) is -2.16.